The Morgan fingerprint density at radius 3 is 1.24 bits per heavy atom. The summed E-state index contributed by atoms with van der Waals surface area (Å²) >= 11 is 0. The molecule has 0 aliphatic carbocycles. The van der Waals surface area contributed by atoms with Crippen LogP contribution < -0.4 is 4.90 Å². The number of nitrogens with zero attached hydrogens (tertiary/aromatic N) is 4. The third-order valence-corrected chi connectivity index (χ3v) is 11.3. The van der Waals surface area contributed by atoms with E-state index in [4.69, 9.17) is 19.4 Å². The lowest BCUT2D eigenvalue weighted by atomic mass is 9.98. The molecular weight excluding hydrogens is 757 g/mol. The number of anilines is 3. The highest BCUT2D eigenvalue weighted by molar-refractivity contribution is 6.14. The normalized spacial score (nSPS) is 11.2. The van der Waals surface area contributed by atoms with Crippen molar-refractivity contribution in [1.82, 2.24) is 15.0 Å². The molecule has 5 nitrogen and oxygen atoms in total. The highest BCUT2D eigenvalue weighted by Gasteiger charge is 2.22. The molecule has 0 aliphatic rings. The Hall–Kier alpha value is -8.41. The van der Waals surface area contributed by atoms with Crippen LogP contribution in [0.3, 0.4) is 0 Å². The lowest BCUT2D eigenvalue weighted by Gasteiger charge is -2.27. The third-order valence-electron chi connectivity index (χ3n) is 11.3. The summed E-state index contributed by atoms with van der Waals surface area (Å²) in [5.41, 5.74) is 14.1. The lowest BCUT2D eigenvalue weighted by Crippen LogP contribution is -2.10. The molecule has 0 N–H and O–H groups in total. The largest absolute Gasteiger partial charge is 0.456 e. The van der Waals surface area contributed by atoms with Crippen LogP contribution in [0.2, 0.25) is 0 Å². The third kappa shape index (κ3) is 7.08. The van der Waals surface area contributed by atoms with E-state index >= 15 is 0 Å². The van der Waals surface area contributed by atoms with E-state index < -0.39 is 0 Å². The SMILES string of the molecule is c1ccc(-c2ccc(N(c3ccc(-c4ccccc4)cc3)c3cc(-c4cccc(-c5nc(-c6ccccc6)nc(-c6ccccc6)n5)c4)cc4oc5ccccc5c34)cc2)cc1. The fourth-order valence-electron chi connectivity index (χ4n) is 8.25. The molecular formula is C57H38N4O. The molecule has 0 spiro atoms. The van der Waals surface area contributed by atoms with Crippen LogP contribution in [0.15, 0.2) is 235 Å². The van der Waals surface area contributed by atoms with Crippen molar-refractivity contribution in [3.63, 3.8) is 0 Å². The molecule has 62 heavy (non-hydrogen) atoms. The van der Waals surface area contributed by atoms with Gasteiger partial charge in [-0.2, -0.15) is 0 Å². The standard InChI is InChI=1S/C57H38N4O/c1-5-16-39(17-6-1)41-28-32-48(33-29-41)61(49-34-30-42(31-35-49)40-18-7-2-8-19-40)51-37-47(38-53-54(51)50-26-13-14-27-52(50)62-53)45-24-15-25-46(36-45)57-59-55(43-20-9-3-10-21-43)58-56(60-57)44-22-11-4-12-23-44/h1-38H. The van der Waals surface area contributed by atoms with Crippen LogP contribution in [0.5, 0.6) is 0 Å². The van der Waals surface area contributed by atoms with Crippen LogP contribution in [-0.4, -0.2) is 15.0 Å². The summed E-state index contributed by atoms with van der Waals surface area (Å²) in [6.45, 7) is 0. The molecule has 11 rings (SSSR count). The van der Waals surface area contributed by atoms with E-state index in [1.165, 1.54) is 11.1 Å². The van der Waals surface area contributed by atoms with Gasteiger partial charge >= 0.3 is 0 Å². The number of furan rings is 1. The summed E-state index contributed by atoms with van der Waals surface area (Å²) in [6, 6.07) is 80.0. The topological polar surface area (TPSA) is 55.1 Å². The summed E-state index contributed by atoms with van der Waals surface area (Å²) in [7, 11) is 0. The van der Waals surface area contributed by atoms with Crippen molar-refractivity contribution in [2.75, 3.05) is 4.90 Å². The zero-order valence-electron chi connectivity index (χ0n) is 33.6. The summed E-state index contributed by atoms with van der Waals surface area (Å²) < 4.78 is 6.72. The average Bonchev–Trinajstić information content (AvgIpc) is 3.74. The number of hydrogen-bond donors (Lipinski definition) is 0. The monoisotopic (exact) mass is 794 g/mol. The van der Waals surface area contributed by atoms with Crippen LogP contribution in [0.4, 0.5) is 17.1 Å². The van der Waals surface area contributed by atoms with Gasteiger partial charge in [0.15, 0.2) is 17.5 Å². The molecule has 0 amide bonds. The van der Waals surface area contributed by atoms with E-state index in [9.17, 15) is 0 Å². The summed E-state index contributed by atoms with van der Waals surface area (Å²) in [5, 5.41) is 2.09. The van der Waals surface area contributed by atoms with Gasteiger partial charge in [0.1, 0.15) is 11.2 Å². The van der Waals surface area contributed by atoms with Crippen LogP contribution in [0.1, 0.15) is 0 Å². The van der Waals surface area contributed by atoms with Gasteiger partial charge in [-0.15, -0.1) is 0 Å². The highest BCUT2D eigenvalue weighted by Crippen LogP contribution is 2.46. The fourth-order valence-corrected chi connectivity index (χ4v) is 8.25. The van der Waals surface area contributed by atoms with E-state index in [-0.39, 0.29) is 0 Å². The lowest BCUT2D eigenvalue weighted by molar-refractivity contribution is 0.669. The smallest absolute Gasteiger partial charge is 0.164 e. The average molecular weight is 795 g/mol. The van der Waals surface area contributed by atoms with Crippen LogP contribution >= 0.6 is 0 Å². The van der Waals surface area contributed by atoms with Gasteiger partial charge in [0.25, 0.3) is 0 Å². The number of aromatic nitrogens is 3. The molecule has 2 heterocycles. The first kappa shape index (κ1) is 36.7. The Kier molecular flexibility index (Phi) is 9.45. The van der Waals surface area contributed by atoms with Crippen molar-refractivity contribution in [1.29, 1.82) is 0 Å². The zero-order valence-corrected chi connectivity index (χ0v) is 33.6. The van der Waals surface area contributed by atoms with Crippen LogP contribution in [0, 0.1) is 0 Å². The molecule has 9 aromatic carbocycles. The second-order valence-electron chi connectivity index (χ2n) is 15.2. The van der Waals surface area contributed by atoms with Crippen LogP contribution in [-0.2, 0) is 0 Å². The maximum absolute atomic E-state index is 6.72. The maximum Gasteiger partial charge on any atom is 0.164 e. The first-order valence-electron chi connectivity index (χ1n) is 20.8. The first-order chi connectivity index (χ1) is 30.7. The Morgan fingerprint density at radius 1 is 0.290 bits per heavy atom. The van der Waals surface area contributed by atoms with Crippen molar-refractivity contribution in [3.05, 3.63) is 231 Å². The van der Waals surface area contributed by atoms with Crippen molar-refractivity contribution in [3.8, 4) is 67.5 Å². The highest BCUT2D eigenvalue weighted by atomic mass is 16.3. The van der Waals surface area contributed by atoms with E-state index in [1.54, 1.807) is 0 Å². The predicted octanol–water partition coefficient (Wildman–Crippen LogP) is 15.2. The second kappa shape index (κ2) is 16.0. The van der Waals surface area contributed by atoms with E-state index in [1.807, 2.05) is 72.8 Å². The molecule has 2 aromatic heterocycles. The summed E-state index contributed by atoms with van der Waals surface area (Å²) in [5.74, 6) is 1.85. The number of para-hydroxylation sites is 1. The number of hydrogen-bond acceptors (Lipinski definition) is 5. The fraction of sp³-hybridized carbons (Fsp3) is 0. The van der Waals surface area contributed by atoms with Crippen molar-refractivity contribution >= 4 is 39.0 Å². The molecule has 0 radical (unpaired) electrons. The summed E-state index contributed by atoms with van der Waals surface area (Å²) in [4.78, 5) is 17.4. The molecule has 0 saturated heterocycles. The molecule has 0 aliphatic heterocycles. The van der Waals surface area contributed by atoms with Crippen molar-refractivity contribution in [2.45, 2.75) is 0 Å². The van der Waals surface area contributed by atoms with Gasteiger partial charge in [-0.25, -0.2) is 15.0 Å². The van der Waals surface area contributed by atoms with Crippen molar-refractivity contribution in [2.24, 2.45) is 0 Å². The van der Waals surface area contributed by atoms with Crippen LogP contribution in [0.25, 0.3) is 89.5 Å². The Balaban J connectivity index is 1.09. The molecule has 0 fully saturated rings. The molecule has 0 atom stereocenters. The van der Waals surface area contributed by atoms with Gasteiger partial charge < -0.3 is 9.32 Å². The number of benzene rings is 9. The number of fused-ring (bicyclic) bond motifs is 3. The predicted molar refractivity (Wildman–Crippen MR) is 254 cm³/mol. The minimum Gasteiger partial charge on any atom is -0.456 e. The molecule has 0 bridgehead atoms. The summed E-state index contributed by atoms with van der Waals surface area (Å²) in [6.07, 6.45) is 0. The zero-order chi connectivity index (χ0) is 41.2. The molecule has 11 aromatic rings. The Morgan fingerprint density at radius 2 is 0.710 bits per heavy atom. The van der Waals surface area contributed by atoms with Crippen molar-refractivity contribution < 1.29 is 4.42 Å². The maximum atomic E-state index is 6.72. The molecule has 0 saturated carbocycles. The van der Waals surface area contributed by atoms with E-state index in [0.717, 1.165) is 77.9 Å². The van der Waals surface area contributed by atoms with E-state index in [2.05, 4.69) is 163 Å². The molecule has 5 heteroatoms. The van der Waals surface area contributed by atoms with E-state index in [0.29, 0.717) is 17.5 Å². The number of rotatable bonds is 9. The van der Waals surface area contributed by atoms with Gasteiger partial charge in [0.2, 0.25) is 0 Å². The Labute approximate surface area is 359 Å². The van der Waals surface area contributed by atoms with Gasteiger partial charge in [-0.05, 0) is 81.9 Å². The quantitative estimate of drug-likeness (QED) is 0.146. The second-order valence-corrected chi connectivity index (χ2v) is 15.2. The minimum absolute atomic E-state index is 0.600. The van der Waals surface area contributed by atoms with Gasteiger partial charge in [-0.3, -0.25) is 0 Å². The minimum atomic E-state index is 0.600. The first-order valence-corrected chi connectivity index (χ1v) is 20.8. The van der Waals surface area contributed by atoms with Gasteiger partial charge in [0, 0.05) is 33.5 Å². The van der Waals surface area contributed by atoms with Gasteiger partial charge in [0.05, 0.1) is 11.1 Å². The molecule has 292 valence electrons. The molecule has 0 unspecified atom stereocenters. The Bertz CT molecular complexity index is 3170. The van der Waals surface area contributed by atoms with Gasteiger partial charge in [-0.1, -0.05) is 182 Å².